The number of halogens is 3. The minimum absolute atomic E-state index is 0.347. The molecule has 5 heteroatoms. The number of likely N-dealkylation sites (N-methyl/N-ethyl adjacent to an activating group) is 1. The molecule has 0 bridgehead atoms. The standard InChI is InChI=1S/C14H14Br2INS/c1-2-18-14(7-11-5-9(15)8-19-11)12-6-10(17)3-4-13(12)16/h3-6,8,14,18H,2,7H2,1H3. The summed E-state index contributed by atoms with van der Waals surface area (Å²) in [7, 11) is 0. The maximum absolute atomic E-state index is 3.67. The Morgan fingerprint density at radius 2 is 2.11 bits per heavy atom. The van der Waals surface area contributed by atoms with E-state index in [0.29, 0.717) is 6.04 Å². The van der Waals surface area contributed by atoms with E-state index in [0.717, 1.165) is 13.0 Å². The highest BCUT2D eigenvalue weighted by Crippen LogP contribution is 2.30. The molecule has 1 aromatic heterocycles. The van der Waals surface area contributed by atoms with Crippen molar-refractivity contribution in [1.29, 1.82) is 0 Å². The average molecular weight is 515 g/mol. The van der Waals surface area contributed by atoms with Gasteiger partial charge >= 0.3 is 0 Å². The third kappa shape index (κ3) is 4.52. The van der Waals surface area contributed by atoms with Gasteiger partial charge in [0.15, 0.2) is 0 Å². The van der Waals surface area contributed by atoms with Crippen molar-refractivity contribution >= 4 is 65.8 Å². The van der Waals surface area contributed by atoms with Crippen molar-refractivity contribution in [2.24, 2.45) is 0 Å². The first-order valence-corrected chi connectivity index (χ1v) is 9.56. The van der Waals surface area contributed by atoms with E-state index in [4.69, 9.17) is 0 Å². The summed E-state index contributed by atoms with van der Waals surface area (Å²) in [5.74, 6) is 0. The lowest BCUT2D eigenvalue weighted by molar-refractivity contribution is 0.551. The van der Waals surface area contributed by atoms with Crippen LogP contribution in [0.1, 0.15) is 23.4 Å². The van der Waals surface area contributed by atoms with Crippen LogP contribution in [-0.2, 0) is 6.42 Å². The molecule has 0 aliphatic rings. The van der Waals surface area contributed by atoms with E-state index in [9.17, 15) is 0 Å². The van der Waals surface area contributed by atoms with E-state index >= 15 is 0 Å². The van der Waals surface area contributed by atoms with Crippen molar-refractivity contribution in [2.45, 2.75) is 19.4 Å². The molecule has 2 aromatic rings. The maximum atomic E-state index is 3.67. The van der Waals surface area contributed by atoms with E-state index in [1.165, 1.54) is 23.0 Å². The van der Waals surface area contributed by atoms with E-state index in [-0.39, 0.29) is 0 Å². The first-order valence-electron chi connectivity index (χ1n) is 6.01. The predicted octanol–water partition coefficient (Wildman–Crippen LogP) is 5.77. The monoisotopic (exact) mass is 513 g/mol. The van der Waals surface area contributed by atoms with Gasteiger partial charge in [-0.3, -0.25) is 0 Å². The molecule has 2 rings (SSSR count). The highest BCUT2D eigenvalue weighted by atomic mass is 127. The smallest absolute Gasteiger partial charge is 0.0380 e. The zero-order valence-electron chi connectivity index (χ0n) is 10.4. The van der Waals surface area contributed by atoms with Crippen LogP contribution in [0.3, 0.4) is 0 Å². The van der Waals surface area contributed by atoms with Crippen LogP contribution in [0.2, 0.25) is 0 Å². The Balaban J connectivity index is 2.26. The van der Waals surface area contributed by atoms with Gasteiger partial charge in [0.05, 0.1) is 0 Å². The minimum atomic E-state index is 0.347. The molecule has 102 valence electrons. The maximum Gasteiger partial charge on any atom is 0.0380 e. The largest absolute Gasteiger partial charge is 0.310 e. The molecule has 1 N–H and O–H groups in total. The van der Waals surface area contributed by atoms with Crippen LogP contribution in [-0.4, -0.2) is 6.54 Å². The van der Waals surface area contributed by atoms with Crippen LogP contribution in [0.25, 0.3) is 0 Å². The summed E-state index contributed by atoms with van der Waals surface area (Å²) < 4.78 is 3.62. The van der Waals surface area contributed by atoms with E-state index in [2.05, 4.69) is 96.3 Å². The van der Waals surface area contributed by atoms with Gasteiger partial charge in [0.2, 0.25) is 0 Å². The second kappa shape index (κ2) is 7.54. The van der Waals surface area contributed by atoms with Crippen LogP contribution >= 0.6 is 65.8 Å². The summed E-state index contributed by atoms with van der Waals surface area (Å²) in [6, 6.07) is 9.06. The Labute approximate surface area is 148 Å². The zero-order chi connectivity index (χ0) is 13.8. The minimum Gasteiger partial charge on any atom is -0.310 e. The number of hydrogen-bond donors (Lipinski definition) is 1. The molecule has 1 nitrogen and oxygen atoms in total. The number of benzene rings is 1. The third-order valence-corrected chi connectivity index (χ3v) is 5.92. The van der Waals surface area contributed by atoms with Crippen LogP contribution in [0.5, 0.6) is 0 Å². The molecule has 1 aromatic carbocycles. The first-order chi connectivity index (χ1) is 9.10. The fraction of sp³-hybridized carbons (Fsp3) is 0.286. The normalized spacial score (nSPS) is 12.6. The van der Waals surface area contributed by atoms with E-state index in [1.807, 2.05) is 0 Å². The van der Waals surface area contributed by atoms with E-state index in [1.54, 1.807) is 11.3 Å². The average Bonchev–Trinajstić information content (AvgIpc) is 2.77. The summed E-state index contributed by atoms with van der Waals surface area (Å²) in [5, 5.41) is 5.72. The number of rotatable bonds is 5. The zero-order valence-corrected chi connectivity index (χ0v) is 16.6. The molecule has 0 radical (unpaired) electrons. The Hall–Kier alpha value is 0.570. The fourth-order valence-corrected chi connectivity index (χ4v) is 4.52. The predicted molar refractivity (Wildman–Crippen MR) is 99.0 cm³/mol. The van der Waals surface area contributed by atoms with Crippen LogP contribution in [0.15, 0.2) is 38.6 Å². The van der Waals surface area contributed by atoms with Gasteiger partial charge < -0.3 is 5.32 Å². The molecule has 0 amide bonds. The summed E-state index contributed by atoms with van der Waals surface area (Å²) in [4.78, 5) is 1.39. The molecule has 0 saturated heterocycles. The summed E-state index contributed by atoms with van der Waals surface area (Å²) in [6.07, 6.45) is 1.02. The van der Waals surface area contributed by atoms with Gasteiger partial charge in [-0.15, -0.1) is 11.3 Å². The lowest BCUT2D eigenvalue weighted by atomic mass is 10.0. The Morgan fingerprint density at radius 1 is 1.32 bits per heavy atom. The molecule has 0 fully saturated rings. The topological polar surface area (TPSA) is 12.0 Å². The molecule has 1 unspecified atom stereocenters. The van der Waals surface area contributed by atoms with Crippen LogP contribution in [0, 0.1) is 3.57 Å². The Bertz CT molecular complexity index is 556. The fourth-order valence-electron chi connectivity index (χ4n) is 1.98. The van der Waals surface area contributed by atoms with Gasteiger partial charge in [0.1, 0.15) is 0 Å². The van der Waals surface area contributed by atoms with Gasteiger partial charge in [-0.25, -0.2) is 0 Å². The Kier molecular flexibility index (Phi) is 6.33. The number of nitrogens with one attached hydrogen (secondary N) is 1. The molecule has 1 heterocycles. The van der Waals surface area contributed by atoms with Gasteiger partial charge in [-0.1, -0.05) is 22.9 Å². The molecule has 0 aliphatic carbocycles. The SMILES string of the molecule is CCNC(Cc1cc(Br)cs1)c1cc(I)ccc1Br. The summed E-state index contributed by atoms with van der Waals surface area (Å²) >= 11 is 11.4. The van der Waals surface area contributed by atoms with Gasteiger partial charge in [0, 0.05) is 35.2 Å². The second-order valence-corrected chi connectivity index (χ2v) is 8.22. The van der Waals surface area contributed by atoms with Crippen molar-refractivity contribution in [1.82, 2.24) is 5.32 Å². The van der Waals surface area contributed by atoms with Crippen LogP contribution < -0.4 is 5.32 Å². The molecule has 0 saturated carbocycles. The third-order valence-electron chi connectivity index (χ3n) is 2.81. The summed E-state index contributed by atoms with van der Waals surface area (Å²) in [6.45, 7) is 3.12. The molecule has 19 heavy (non-hydrogen) atoms. The van der Waals surface area contributed by atoms with Gasteiger partial charge in [0.25, 0.3) is 0 Å². The molecule has 0 aliphatic heterocycles. The lowest BCUT2D eigenvalue weighted by Crippen LogP contribution is -2.23. The van der Waals surface area contributed by atoms with Crippen molar-refractivity contribution < 1.29 is 0 Å². The quantitative estimate of drug-likeness (QED) is 0.499. The highest BCUT2D eigenvalue weighted by Gasteiger charge is 2.15. The van der Waals surface area contributed by atoms with Crippen molar-refractivity contribution in [3.8, 4) is 0 Å². The molecule has 0 spiro atoms. The van der Waals surface area contributed by atoms with Gasteiger partial charge in [-0.05, 0) is 74.9 Å². The number of thiophene rings is 1. The number of hydrogen-bond acceptors (Lipinski definition) is 2. The molecule has 1 atom stereocenters. The van der Waals surface area contributed by atoms with Gasteiger partial charge in [-0.2, -0.15) is 0 Å². The highest BCUT2D eigenvalue weighted by molar-refractivity contribution is 14.1. The molecular weight excluding hydrogens is 501 g/mol. The van der Waals surface area contributed by atoms with Crippen molar-refractivity contribution in [2.75, 3.05) is 6.54 Å². The summed E-state index contributed by atoms with van der Waals surface area (Å²) in [5.41, 5.74) is 1.33. The lowest BCUT2D eigenvalue weighted by Gasteiger charge is -2.19. The van der Waals surface area contributed by atoms with E-state index < -0.39 is 0 Å². The van der Waals surface area contributed by atoms with Crippen molar-refractivity contribution in [3.05, 3.63) is 52.6 Å². The first kappa shape index (κ1) is 15.9. The Morgan fingerprint density at radius 3 is 2.74 bits per heavy atom. The van der Waals surface area contributed by atoms with Crippen molar-refractivity contribution in [3.63, 3.8) is 0 Å². The van der Waals surface area contributed by atoms with Crippen LogP contribution in [0.4, 0.5) is 0 Å². The second-order valence-electron chi connectivity index (χ2n) is 4.21. The molecular formula is C14H14Br2INS.